The molecule has 3 nitrogen and oxygen atoms in total. The summed E-state index contributed by atoms with van der Waals surface area (Å²) >= 11 is 0. The summed E-state index contributed by atoms with van der Waals surface area (Å²) in [5, 5.41) is 0. The molecule has 0 fully saturated rings. The lowest BCUT2D eigenvalue weighted by Gasteiger charge is -2.13. The number of aryl methyl sites for hydroxylation is 1. The molecule has 6 heteroatoms. The molecule has 0 aliphatic heterocycles. The predicted molar refractivity (Wildman–Crippen MR) is 61.6 cm³/mol. The fraction of sp³-hybridized carbons (Fsp3) is 0.167. The number of hydrogen-bond donors (Lipinski definition) is 1. The number of anilines is 1. The molecule has 0 atom stereocenters. The summed E-state index contributed by atoms with van der Waals surface area (Å²) in [6.07, 6.45) is -3.74. The zero-order valence-corrected chi connectivity index (χ0v) is 9.49. The van der Waals surface area contributed by atoms with Crippen LogP contribution in [0.1, 0.15) is 11.3 Å². The quantitative estimate of drug-likeness (QED) is 0.849. The van der Waals surface area contributed by atoms with Crippen LogP contribution in [0.15, 0.2) is 30.6 Å². The van der Waals surface area contributed by atoms with Gasteiger partial charge in [-0.25, -0.2) is 9.97 Å². The Morgan fingerprint density at radius 1 is 1.17 bits per heavy atom. The minimum atomic E-state index is -4.56. The maximum absolute atomic E-state index is 12.9. The average Bonchev–Trinajstić information content (AvgIpc) is 2.27. The second kappa shape index (κ2) is 4.29. The summed E-state index contributed by atoms with van der Waals surface area (Å²) in [5.41, 5.74) is 5.56. The monoisotopic (exact) mass is 253 g/mol. The van der Waals surface area contributed by atoms with Gasteiger partial charge in [0.1, 0.15) is 12.1 Å². The highest BCUT2D eigenvalue weighted by atomic mass is 19.4. The first-order valence-corrected chi connectivity index (χ1v) is 5.14. The zero-order valence-electron chi connectivity index (χ0n) is 9.49. The molecule has 2 rings (SSSR count). The molecular weight excluding hydrogens is 243 g/mol. The number of halogens is 3. The van der Waals surface area contributed by atoms with Gasteiger partial charge in [-0.15, -0.1) is 0 Å². The van der Waals surface area contributed by atoms with E-state index < -0.39 is 11.9 Å². The fourth-order valence-corrected chi connectivity index (χ4v) is 1.70. The Kier molecular flexibility index (Phi) is 2.94. The maximum Gasteiger partial charge on any atom is 0.434 e. The molecule has 0 unspecified atom stereocenters. The summed E-state index contributed by atoms with van der Waals surface area (Å²) in [6, 6.07) is 6.62. The van der Waals surface area contributed by atoms with Crippen molar-refractivity contribution < 1.29 is 13.2 Å². The largest absolute Gasteiger partial charge is 0.434 e. The smallest absolute Gasteiger partial charge is 0.383 e. The standard InChI is InChI=1S/C12H10F3N3/c1-7-3-2-4-8(5-7)9-10(12(13,14)15)17-6-18-11(9)16/h2-6H,1H3,(H2,16,17,18). The molecule has 0 spiro atoms. The van der Waals surface area contributed by atoms with Gasteiger partial charge in [-0.05, 0) is 12.5 Å². The molecule has 0 saturated carbocycles. The molecule has 0 radical (unpaired) electrons. The Morgan fingerprint density at radius 2 is 1.89 bits per heavy atom. The SMILES string of the molecule is Cc1cccc(-c2c(N)ncnc2C(F)(F)F)c1. The molecule has 0 bridgehead atoms. The molecule has 1 aromatic heterocycles. The number of rotatable bonds is 1. The third-order valence-electron chi connectivity index (χ3n) is 2.45. The van der Waals surface area contributed by atoms with Crippen LogP contribution in [0.3, 0.4) is 0 Å². The minimum Gasteiger partial charge on any atom is -0.383 e. The van der Waals surface area contributed by atoms with Crippen molar-refractivity contribution in [1.29, 1.82) is 0 Å². The maximum atomic E-state index is 12.9. The highest BCUT2D eigenvalue weighted by Crippen LogP contribution is 2.37. The number of nitrogens with two attached hydrogens (primary N) is 1. The van der Waals surface area contributed by atoms with Crippen molar-refractivity contribution in [3.05, 3.63) is 41.9 Å². The second-order valence-electron chi connectivity index (χ2n) is 3.85. The van der Waals surface area contributed by atoms with Crippen LogP contribution in [0.2, 0.25) is 0 Å². The Hall–Kier alpha value is -2.11. The van der Waals surface area contributed by atoms with Crippen LogP contribution in [0, 0.1) is 6.92 Å². The van der Waals surface area contributed by atoms with Gasteiger partial charge in [0.2, 0.25) is 0 Å². The molecule has 0 aliphatic rings. The summed E-state index contributed by atoms with van der Waals surface area (Å²) < 4.78 is 38.6. The van der Waals surface area contributed by atoms with E-state index in [1.807, 2.05) is 0 Å². The summed E-state index contributed by atoms with van der Waals surface area (Å²) in [7, 11) is 0. The van der Waals surface area contributed by atoms with E-state index in [9.17, 15) is 13.2 Å². The van der Waals surface area contributed by atoms with Gasteiger partial charge in [-0.3, -0.25) is 0 Å². The first kappa shape index (κ1) is 12.3. The second-order valence-corrected chi connectivity index (χ2v) is 3.85. The molecule has 0 aliphatic carbocycles. The van der Waals surface area contributed by atoms with Crippen molar-refractivity contribution in [2.75, 3.05) is 5.73 Å². The summed E-state index contributed by atoms with van der Waals surface area (Å²) in [6.45, 7) is 1.79. The van der Waals surface area contributed by atoms with Crippen LogP contribution in [-0.2, 0) is 6.18 Å². The van der Waals surface area contributed by atoms with Crippen LogP contribution in [-0.4, -0.2) is 9.97 Å². The highest BCUT2D eigenvalue weighted by Gasteiger charge is 2.36. The molecule has 1 heterocycles. The lowest BCUT2D eigenvalue weighted by atomic mass is 10.0. The fourth-order valence-electron chi connectivity index (χ4n) is 1.70. The van der Waals surface area contributed by atoms with E-state index >= 15 is 0 Å². The Bertz CT molecular complexity index is 579. The minimum absolute atomic E-state index is 0.172. The van der Waals surface area contributed by atoms with Gasteiger partial charge < -0.3 is 5.73 Å². The first-order chi connectivity index (χ1) is 8.39. The van der Waals surface area contributed by atoms with Gasteiger partial charge in [-0.1, -0.05) is 29.8 Å². The molecule has 2 N–H and O–H groups in total. The molecule has 0 amide bonds. The van der Waals surface area contributed by atoms with Crippen molar-refractivity contribution in [2.24, 2.45) is 0 Å². The van der Waals surface area contributed by atoms with E-state index in [1.54, 1.807) is 31.2 Å². The lowest BCUT2D eigenvalue weighted by molar-refractivity contribution is -0.140. The lowest BCUT2D eigenvalue weighted by Crippen LogP contribution is -2.12. The molecule has 0 saturated heterocycles. The summed E-state index contributed by atoms with van der Waals surface area (Å²) in [5.74, 6) is -0.178. The van der Waals surface area contributed by atoms with Gasteiger partial charge in [0.15, 0.2) is 5.69 Å². The van der Waals surface area contributed by atoms with Gasteiger partial charge in [-0.2, -0.15) is 13.2 Å². The number of benzene rings is 1. The number of aromatic nitrogens is 2. The van der Waals surface area contributed by atoms with E-state index in [4.69, 9.17) is 5.73 Å². The molecule has 18 heavy (non-hydrogen) atoms. The van der Waals surface area contributed by atoms with E-state index in [1.165, 1.54) is 0 Å². The Morgan fingerprint density at radius 3 is 2.50 bits per heavy atom. The van der Waals surface area contributed by atoms with E-state index in [-0.39, 0.29) is 11.4 Å². The summed E-state index contributed by atoms with van der Waals surface area (Å²) in [4.78, 5) is 6.93. The predicted octanol–water partition coefficient (Wildman–Crippen LogP) is 3.05. The van der Waals surface area contributed by atoms with Crippen molar-refractivity contribution in [3.63, 3.8) is 0 Å². The number of alkyl halides is 3. The van der Waals surface area contributed by atoms with E-state index in [0.717, 1.165) is 11.9 Å². The highest BCUT2D eigenvalue weighted by molar-refractivity contribution is 5.76. The van der Waals surface area contributed by atoms with Crippen LogP contribution >= 0.6 is 0 Å². The number of hydrogen-bond acceptors (Lipinski definition) is 3. The van der Waals surface area contributed by atoms with Crippen molar-refractivity contribution in [1.82, 2.24) is 9.97 Å². The van der Waals surface area contributed by atoms with E-state index in [2.05, 4.69) is 9.97 Å². The molecule has 94 valence electrons. The van der Waals surface area contributed by atoms with Crippen LogP contribution in [0.4, 0.5) is 19.0 Å². The third-order valence-corrected chi connectivity index (χ3v) is 2.45. The van der Waals surface area contributed by atoms with Gasteiger partial charge >= 0.3 is 6.18 Å². The van der Waals surface area contributed by atoms with Crippen LogP contribution in [0.25, 0.3) is 11.1 Å². The van der Waals surface area contributed by atoms with Crippen LogP contribution < -0.4 is 5.73 Å². The third kappa shape index (κ3) is 2.27. The van der Waals surface area contributed by atoms with Crippen molar-refractivity contribution in [2.45, 2.75) is 13.1 Å². The zero-order chi connectivity index (χ0) is 13.3. The normalized spacial score (nSPS) is 11.6. The number of nitrogens with zero attached hydrogens (tertiary/aromatic N) is 2. The first-order valence-electron chi connectivity index (χ1n) is 5.14. The van der Waals surface area contributed by atoms with Crippen molar-refractivity contribution in [3.8, 4) is 11.1 Å². The Balaban J connectivity index is 2.70. The Labute approximate surface area is 101 Å². The van der Waals surface area contributed by atoms with Gasteiger partial charge in [0.25, 0.3) is 0 Å². The average molecular weight is 253 g/mol. The van der Waals surface area contributed by atoms with Gasteiger partial charge in [0.05, 0.1) is 5.56 Å². The van der Waals surface area contributed by atoms with Gasteiger partial charge in [0, 0.05) is 0 Å². The molecular formula is C12H10F3N3. The topological polar surface area (TPSA) is 51.8 Å². The molecule has 1 aromatic carbocycles. The van der Waals surface area contributed by atoms with Crippen LogP contribution in [0.5, 0.6) is 0 Å². The molecule has 2 aromatic rings. The van der Waals surface area contributed by atoms with Crippen molar-refractivity contribution >= 4 is 5.82 Å². The van der Waals surface area contributed by atoms with E-state index in [0.29, 0.717) is 5.56 Å². The number of nitrogen functional groups attached to an aromatic ring is 1.